The molecule has 0 unspecified atom stereocenters. The molecule has 0 saturated carbocycles. The molecule has 0 rings (SSSR count). The van der Waals surface area contributed by atoms with E-state index < -0.39 is 5.54 Å². The first-order valence-electron chi connectivity index (χ1n) is 7.57. The number of nitrogens with zero attached hydrogens (tertiary/aromatic N) is 1. The molecule has 0 saturated heterocycles. The summed E-state index contributed by atoms with van der Waals surface area (Å²) in [5.41, 5.74) is -0.459. The maximum Gasteiger partial charge on any atom is 0.241 e. The van der Waals surface area contributed by atoms with Crippen LogP contribution in [0, 0.1) is 6.57 Å². The quantitative estimate of drug-likeness (QED) is 0.250. The van der Waals surface area contributed by atoms with Crippen LogP contribution in [0.15, 0.2) is 25.3 Å². The zero-order valence-electron chi connectivity index (χ0n) is 13.7. The summed E-state index contributed by atoms with van der Waals surface area (Å²) in [7, 11) is 1.64. The van der Waals surface area contributed by atoms with Gasteiger partial charge in [-0.25, -0.2) is 6.57 Å². The van der Waals surface area contributed by atoms with Gasteiger partial charge < -0.3 is 23.8 Å². The third kappa shape index (κ3) is 10.5. The monoisotopic (exact) mass is 311 g/mol. The van der Waals surface area contributed by atoms with E-state index in [4.69, 9.17) is 25.5 Å². The molecule has 0 aliphatic heterocycles. The van der Waals surface area contributed by atoms with Gasteiger partial charge in [0, 0.05) is 26.4 Å². The molecular formula is C17H29NO4. The highest BCUT2D eigenvalue weighted by Gasteiger charge is 2.33. The molecule has 0 aromatic carbocycles. The average molecular weight is 311 g/mol. The third-order valence-corrected chi connectivity index (χ3v) is 3.17. The van der Waals surface area contributed by atoms with Crippen molar-refractivity contribution in [3.05, 3.63) is 36.7 Å². The van der Waals surface area contributed by atoms with Gasteiger partial charge in [0.25, 0.3) is 0 Å². The Hall–Kier alpha value is -1.19. The standard InChI is InChI=1S/C17H29NO4/c1-5-7-17(18-3,8-6-2)9-10-20-13-14-22-16-15-21-12-11-19-4/h5-6H,1-2,7-16H2,4H3. The Kier molecular flexibility index (Phi) is 13.9. The molecule has 0 heterocycles. The summed E-state index contributed by atoms with van der Waals surface area (Å²) in [6.45, 7) is 18.7. The predicted molar refractivity (Wildman–Crippen MR) is 87.9 cm³/mol. The fourth-order valence-electron chi connectivity index (χ4n) is 1.92. The Morgan fingerprint density at radius 2 is 1.32 bits per heavy atom. The summed E-state index contributed by atoms with van der Waals surface area (Å²) in [6, 6.07) is 0. The molecule has 0 aliphatic carbocycles. The average Bonchev–Trinajstić information content (AvgIpc) is 2.53. The highest BCUT2D eigenvalue weighted by molar-refractivity contribution is 5.05. The van der Waals surface area contributed by atoms with Crippen molar-refractivity contribution >= 4 is 0 Å². The van der Waals surface area contributed by atoms with Gasteiger partial charge in [0.05, 0.1) is 46.2 Å². The molecule has 5 nitrogen and oxygen atoms in total. The summed E-state index contributed by atoms with van der Waals surface area (Å²) in [4.78, 5) is 3.75. The van der Waals surface area contributed by atoms with E-state index in [0.717, 1.165) is 0 Å². The largest absolute Gasteiger partial charge is 0.382 e. The van der Waals surface area contributed by atoms with Crippen LogP contribution in [0.5, 0.6) is 0 Å². The van der Waals surface area contributed by atoms with Crippen molar-refractivity contribution in [2.75, 3.05) is 53.4 Å². The normalized spacial score (nSPS) is 11.1. The van der Waals surface area contributed by atoms with E-state index in [1.807, 2.05) is 0 Å². The van der Waals surface area contributed by atoms with E-state index >= 15 is 0 Å². The Morgan fingerprint density at radius 3 is 1.73 bits per heavy atom. The topological polar surface area (TPSA) is 41.3 Å². The molecule has 5 heteroatoms. The van der Waals surface area contributed by atoms with Crippen LogP contribution in [0.3, 0.4) is 0 Å². The Morgan fingerprint density at radius 1 is 0.864 bits per heavy atom. The lowest BCUT2D eigenvalue weighted by molar-refractivity contribution is 0.00217. The minimum Gasteiger partial charge on any atom is -0.382 e. The van der Waals surface area contributed by atoms with E-state index in [-0.39, 0.29) is 0 Å². The van der Waals surface area contributed by atoms with Crippen molar-refractivity contribution in [2.24, 2.45) is 0 Å². The smallest absolute Gasteiger partial charge is 0.241 e. The first kappa shape index (κ1) is 20.8. The predicted octanol–water partition coefficient (Wildman–Crippen LogP) is 2.88. The van der Waals surface area contributed by atoms with Crippen molar-refractivity contribution < 1.29 is 18.9 Å². The van der Waals surface area contributed by atoms with Gasteiger partial charge in [-0.2, -0.15) is 0 Å². The molecule has 0 aromatic heterocycles. The Balaban J connectivity index is 3.60. The molecule has 0 aromatic rings. The highest BCUT2D eigenvalue weighted by Crippen LogP contribution is 2.26. The van der Waals surface area contributed by atoms with Gasteiger partial charge in [-0.05, 0) is 0 Å². The lowest BCUT2D eigenvalue weighted by Crippen LogP contribution is -2.25. The van der Waals surface area contributed by atoms with Gasteiger partial charge in [0.1, 0.15) is 0 Å². The second kappa shape index (κ2) is 14.7. The van der Waals surface area contributed by atoms with E-state index in [9.17, 15) is 0 Å². The molecule has 0 amide bonds. The van der Waals surface area contributed by atoms with E-state index in [2.05, 4.69) is 18.0 Å². The van der Waals surface area contributed by atoms with Crippen molar-refractivity contribution in [1.82, 2.24) is 0 Å². The van der Waals surface area contributed by atoms with Crippen LogP contribution in [-0.2, 0) is 18.9 Å². The second-order valence-electron chi connectivity index (χ2n) is 4.90. The molecule has 0 radical (unpaired) electrons. The zero-order chi connectivity index (χ0) is 16.5. The summed E-state index contributed by atoms with van der Waals surface area (Å²) in [5.74, 6) is 0. The van der Waals surface area contributed by atoms with Gasteiger partial charge >= 0.3 is 0 Å². The van der Waals surface area contributed by atoms with E-state index in [0.29, 0.717) is 65.5 Å². The van der Waals surface area contributed by atoms with Crippen LogP contribution < -0.4 is 0 Å². The van der Waals surface area contributed by atoms with Crippen molar-refractivity contribution in [3.8, 4) is 0 Å². The van der Waals surface area contributed by atoms with Crippen LogP contribution >= 0.6 is 0 Å². The van der Waals surface area contributed by atoms with Crippen molar-refractivity contribution in [1.29, 1.82) is 0 Å². The molecule has 0 fully saturated rings. The Bertz CT molecular complexity index is 315. The van der Waals surface area contributed by atoms with Crippen LogP contribution in [0.1, 0.15) is 19.3 Å². The summed E-state index contributed by atoms with van der Waals surface area (Å²) in [5, 5.41) is 0. The number of ether oxygens (including phenoxy) is 4. The SMILES string of the molecule is [C-]#[N+]C(CC=C)(CC=C)CCOCCOCCOCCOC. The lowest BCUT2D eigenvalue weighted by atomic mass is 9.89. The number of hydrogen-bond acceptors (Lipinski definition) is 4. The zero-order valence-corrected chi connectivity index (χ0v) is 13.7. The van der Waals surface area contributed by atoms with Crippen molar-refractivity contribution in [3.63, 3.8) is 0 Å². The molecule has 0 spiro atoms. The summed E-state index contributed by atoms with van der Waals surface area (Å²) < 4.78 is 21.1. The fourth-order valence-corrected chi connectivity index (χ4v) is 1.92. The maximum absolute atomic E-state index is 7.38. The molecule has 22 heavy (non-hydrogen) atoms. The summed E-state index contributed by atoms with van der Waals surface area (Å²) >= 11 is 0. The fraction of sp³-hybridized carbons (Fsp3) is 0.706. The van der Waals surface area contributed by atoms with Gasteiger partial charge in [0.15, 0.2) is 0 Å². The molecular weight excluding hydrogens is 282 g/mol. The highest BCUT2D eigenvalue weighted by atomic mass is 16.6. The van der Waals surface area contributed by atoms with Crippen molar-refractivity contribution in [2.45, 2.75) is 24.8 Å². The molecule has 126 valence electrons. The minimum absolute atomic E-state index is 0.459. The van der Waals surface area contributed by atoms with Gasteiger partial charge in [-0.15, -0.1) is 13.2 Å². The molecule has 0 atom stereocenters. The molecule has 0 N–H and O–H groups in total. The third-order valence-electron chi connectivity index (χ3n) is 3.17. The maximum atomic E-state index is 7.38. The number of hydrogen-bond donors (Lipinski definition) is 0. The van der Waals surface area contributed by atoms with Crippen LogP contribution in [0.25, 0.3) is 4.85 Å². The summed E-state index contributed by atoms with van der Waals surface area (Å²) in [6.07, 6.45) is 5.56. The van der Waals surface area contributed by atoms with Crippen LogP contribution in [-0.4, -0.2) is 58.9 Å². The van der Waals surface area contributed by atoms with Gasteiger partial charge in [-0.3, -0.25) is 0 Å². The van der Waals surface area contributed by atoms with E-state index in [1.165, 1.54) is 0 Å². The van der Waals surface area contributed by atoms with Crippen LogP contribution in [0.4, 0.5) is 0 Å². The minimum atomic E-state index is -0.459. The molecule has 0 aliphatic rings. The van der Waals surface area contributed by atoms with Gasteiger partial charge in [0.2, 0.25) is 5.54 Å². The number of methoxy groups -OCH3 is 1. The second-order valence-corrected chi connectivity index (χ2v) is 4.90. The first-order valence-corrected chi connectivity index (χ1v) is 7.57. The Labute approximate surface area is 134 Å². The number of rotatable bonds is 16. The lowest BCUT2D eigenvalue weighted by Gasteiger charge is -2.19. The van der Waals surface area contributed by atoms with E-state index in [1.54, 1.807) is 19.3 Å². The molecule has 0 bridgehead atoms. The van der Waals surface area contributed by atoms with Gasteiger partial charge in [-0.1, -0.05) is 12.2 Å². The first-order chi connectivity index (χ1) is 10.7. The van der Waals surface area contributed by atoms with Crippen LogP contribution in [0.2, 0.25) is 0 Å².